The molecule has 1 aromatic carbocycles. The number of amides is 1. The van der Waals surface area contributed by atoms with Crippen LogP contribution in [0.4, 0.5) is 0 Å². The number of benzene rings is 1. The van der Waals surface area contributed by atoms with Gasteiger partial charge in [-0.05, 0) is 24.0 Å². The molecule has 1 N–H and O–H groups in total. The van der Waals surface area contributed by atoms with Crippen molar-refractivity contribution in [2.75, 3.05) is 6.61 Å². The summed E-state index contributed by atoms with van der Waals surface area (Å²) in [4.78, 5) is 16.6. The van der Waals surface area contributed by atoms with E-state index in [9.17, 15) is 4.79 Å². The molecule has 5 nitrogen and oxygen atoms in total. The van der Waals surface area contributed by atoms with Crippen LogP contribution in [0, 0.1) is 11.8 Å². The second kappa shape index (κ2) is 6.86. The number of hydrogen-bond donors (Lipinski definition) is 1. The normalized spacial score (nSPS) is 16.7. The van der Waals surface area contributed by atoms with Crippen molar-refractivity contribution in [1.82, 2.24) is 14.9 Å². The summed E-state index contributed by atoms with van der Waals surface area (Å²) in [5.74, 6) is 1.34. The minimum atomic E-state index is -0.133. The number of fused-ring (bicyclic) bond motifs is 1. The number of para-hydroxylation sites is 1. The minimum Gasteiger partial charge on any atom is -0.492 e. The van der Waals surface area contributed by atoms with Crippen LogP contribution in [0.5, 0.6) is 5.75 Å². The number of imidazole rings is 1. The van der Waals surface area contributed by atoms with Crippen molar-refractivity contribution >= 4 is 5.91 Å². The van der Waals surface area contributed by atoms with Gasteiger partial charge >= 0.3 is 0 Å². The summed E-state index contributed by atoms with van der Waals surface area (Å²) in [6.45, 7) is 6.18. The molecule has 0 unspecified atom stereocenters. The highest BCUT2D eigenvalue weighted by atomic mass is 16.5. The molecule has 0 spiro atoms. The topological polar surface area (TPSA) is 56.2 Å². The Balaban J connectivity index is 1.57. The lowest BCUT2D eigenvalue weighted by Gasteiger charge is -2.24. The number of hydrogen-bond acceptors (Lipinski definition) is 3. The fourth-order valence-electron chi connectivity index (χ4n) is 2.87. The molecule has 0 radical (unpaired) electrons. The molecular formula is C18H23N3O2. The number of rotatable bonds is 5. The first kappa shape index (κ1) is 15.6. The lowest BCUT2D eigenvalue weighted by Crippen LogP contribution is -2.37. The summed E-state index contributed by atoms with van der Waals surface area (Å²) in [7, 11) is 0. The molecule has 2 heterocycles. The van der Waals surface area contributed by atoms with E-state index in [0.29, 0.717) is 19.1 Å². The highest BCUT2D eigenvalue weighted by Crippen LogP contribution is 2.26. The molecule has 1 aliphatic rings. The SMILES string of the molecule is CC(C)Cn1cncc1CNC(=O)[C@@H]1COc2ccccc2C1. The third-order valence-corrected chi connectivity index (χ3v) is 4.05. The van der Waals surface area contributed by atoms with E-state index in [-0.39, 0.29) is 11.8 Å². The summed E-state index contributed by atoms with van der Waals surface area (Å²) in [5.41, 5.74) is 2.13. The van der Waals surface area contributed by atoms with Crippen LogP contribution in [0.2, 0.25) is 0 Å². The highest BCUT2D eigenvalue weighted by molar-refractivity contribution is 5.79. The first-order valence-corrected chi connectivity index (χ1v) is 8.11. The fourth-order valence-corrected chi connectivity index (χ4v) is 2.87. The predicted molar refractivity (Wildman–Crippen MR) is 88.0 cm³/mol. The molecule has 1 atom stereocenters. The van der Waals surface area contributed by atoms with E-state index in [2.05, 4.69) is 28.7 Å². The molecular weight excluding hydrogens is 290 g/mol. The maximum absolute atomic E-state index is 12.4. The molecule has 122 valence electrons. The van der Waals surface area contributed by atoms with Gasteiger partial charge in [-0.15, -0.1) is 0 Å². The van der Waals surface area contributed by atoms with Gasteiger partial charge in [0.05, 0.1) is 24.5 Å². The van der Waals surface area contributed by atoms with Crippen molar-refractivity contribution < 1.29 is 9.53 Å². The standard InChI is InChI=1S/C18H23N3O2/c1-13(2)10-21-12-19-8-16(21)9-20-18(22)15-7-14-5-3-4-6-17(14)23-11-15/h3-6,8,12-13,15H,7,9-11H2,1-2H3,(H,20,22)/t15-/m0/s1. The third-order valence-electron chi connectivity index (χ3n) is 4.05. The smallest absolute Gasteiger partial charge is 0.227 e. The van der Waals surface area contributed by atoms with Gasteiger partial charge in [-0.2, -0.15) is 0 Å². The zero-order valence-corrected chi connectivity index (χ0v) is 13.7. The fraction of sp³-hybridized carbons (Fsp3) is 0.444. The van der Waals surface area contributed by atoms with Gasteiger partial charge < -0.3 is 14.6 Å². The molecule has 0 aliphatic carbocycles. The average Bonchev–Trinajstić information content (AvgIpc) is 2.98. The van der Waals surface area contributed by atoms with Crippen LogP contribution in [-0.2, 0) is 24.3 Å². The van der Waals surface area contributed by atoms with Crippen LogP contribution >= 0.6 is 0 Å². The van der Waals surface area contributed by atoms with Gasteiger partial charge in [0.2, 0.25) is 5.91 Å². The van der Waals surface area contributed by atoms with Gasteiger partial charge in [0, 0.05) is 12.7 Å². The Morgan fingerprint density at radius 2 is 2.26 bits per heavy atom. The van der Waals surface area contributed by atoms with Crippen LogP contribution in [0.3, 0.4) is 0 Å². The zero-order valence-electron chi connectivity index (χ0n) is 13.7. The van der Waals surface area contributed by atoms with E-state index in [0.717, 1.165) is 30.0 Å². The summed E-state index contributed by atoms with van der Waals surface area (Å²) < 4.78 is 7.79. The van der Waals surface area contributed by atoms with Crippen LogP contribution < -0.4 is 10.1 Å². The number of carbonyl (C=O) groups is 1. The maximum atomic E-state index is 12.4. The van der Waals surface area contributed by atoms with Gasteiger partial charge in [-0.3, -0.25) is 4.79 Å². The minimum absolute atomic E-state index is 0.0387. The lowest BCUT2D eigenvalue weighted by atomic mass is 9.96. The molecule has 3 rings (SSSR count). The average molecular weight is 313 g/mol. The molecule has 0 bridgehead atoms. The van der Waals surface area contributed by atoms with Crippen molar-refractivity contribution in [1.29, 1.82) is 0 Å². The Labute approximate surface area is 136 Å². The van der Waals surface area contributed by atoms with Crippen molar-refractivity contribution in [3.05, 3.63) is 48.0 Å². The Kier molecular flexibility index (Phi) is 4.65. The first-order valence-electron chi connectivity index (χ1n) is 8.11. The van der Waals surface area contributed by atoms with Gasteiger partial charge in [0.15, 0.2) is 0 Å². The van der Waals surface area contributed by atoms with E-state index >= 15 is 0 Å². The number of nitrogens with zero attached hydrogens (tertiary/aromatic N) is 2. The van der Waals surface area contributed by atoms with E-state index in [4.69, 9.17) is 4.74 Å². The Morgan fingerprint density at radius 3 is 3.09 bits per heavy atom. The molecule has 23 heavy (non-hydrogen) atoms. The second-order valence-corrected chi connectivity index (χ2v) is 6.47. The van der Waals surface area contributed by atoms with Gasteiger partial charge in [0.25, 0.3) is 0 Å². The number of ether oxygens (including phenoxy) is 1. The highest BCUT2D eigenvalue weighted by Gasteiger charge is 2.25. The van der Waals surface area contributed by atoms with Crippen molar-refractivity contribution in [3.63, 3.8) is 0 Å². The first-order chi connectivity index (χ1) is 11.1. The summed E-state index contributed by atoms with van der Waals surface area (Å²) in [6, 6.07) is 7.91. The van der Waals surface area contributed by atoms with E-state index in [1.807, 2.05) is 36.8 Å². The number of nitrogens with one attached hydrogen (secondary N) is 1. The van der Waals surface area contributed by atoms with Gasteiger partial charge in [-0.25, -0.2) is 4.98 Å². The van der Waals surface area contributed by atoms with E-state index in [1.165, 1.54) is 0 Å². The predicted octanol–water partition coefficient (Wildman–Crippen LogP) is 2.41. The van der Waals surface area contributed by atoms with Crippen LogP contribution in [0.25, 0.3) is 0 Å². The molecule has 5 heteroatoms. The third kappa shape index (κ3) is 3.73. The van der Waals surface area contributed by atoms with Crippen LogP contribution in [0.1, 0.15) is 25.1 Å². The van der Waals surface area contributed by atoms with Gasteiger partial charge in [-0.1, -0.05) is 32.0 Å². The maximum Gasteiger partial charge on any atom is 0.227 e. The lowest BCUT2D eigenvalue weighted by molar-refractivity contribution is -0.126. The molecule has 1 amide bonds. The quantitative estimate of drug-likeness (QED) is 0.922. The van der Waals surface area contributed by atoms with Crippen molar-refractivity contribution in [2.45, 2.75) is 33.4 Å². The number of carbonyl (C=O) groups excluding carboxylic acids is 1. The Morgan fingerprint density at radius 1 is 1.43 bits per heavy atom. The molecule has 0 saturated carbocycles. The van der Waals surface area contributed by atoms with Gasteiger partial charge in [0.1, 0.15) is 12.4 Å². The van der Waals surface area contributed by atoms with E-state index in [1.54, 1.807) is 0 Å². The molecule has 1 aromatic heterocycles. The Bertz CT molecular complexity index is 678. The molecule has 2 aromatic rings. The zero-order chi connectivity index (χ0) is 16.2. The van der Waals surface area contributed by atoms with Crippen LogP contribution in [0.15, 0.2) is 36.8 Å². The largest absolute Gasteiger partial charge is 0.492 e. The van der Waals surface area contributed by atoms with E-state index < -0.39 is 0 Å². The monoisotopic (exact) mass is 313 g/mol. The summed E-state index contributed by atoms with van der Waals surface area (Å²) in [6.07, 6.45) is 4.37. The van der Waals surface area contributed by atoms with Crippen molar-refractivity contribution in [2.24, 2.45) is 11.8 Å². The summed E-state index contributed by atoms with van der Waals surface area (Å²) in [5, 5.41) is 3.02. The van der Waals surface area contributed by atoms with Crippen molar-refractivity contribution in [3.8, 4) is 5.75 Å². The second-order valence-electron chi connectivity index (χ2n) is 6.47. The molecule has 0 fully saturated rings. The van der Waals surface area contributed by atoms with Crippen LogP contribution in [-0.4, -0.2) is 22.1 Å². The Hall–Kier alpha value is -2.30. The number of aromatic nitrogens is 2. The molecule has 1 aliphatic heterocycles. The summed E-state index contributed by atoms with van der Waals surface area (Å²) >= 11 is 0. The molecule has 0 saturated heterocycles.